The number of carbonyl (C=O) groups excluding carboxylic acids is 2. The topological polar surface area (TPSA) is 78.9 Å². The fraction of sp³-hybridized carbons (Fsp3) is 0.684. The number of rotatable bonds is 4. The third kappa shape index (κ3) is 4.81. The highest BCUT2D eigenvalue weighted by Gasteiger charge is 2.27. The third-order valence-electron chi connectivity index (χ3n) is 5.19. The van der Waals surface area contributed by atoms with Gasteiger partial charge in [-0.1, -0.05) is 0 Å². The van der Waals surface area contributed by atoms with Gasteiger partial charge in [0.1, 0.15) is 5.82 Å². The summed E-state index contributed by atoms with van der Waals surface area (Å²) < 4.78 is 5.31. The summed E-state index contributed by atoms with van der Waals surface area (Å²) in [5.41, 5.74) is 1.29. The average molecular weight is 375 g/mol. The van der Waals surface area contributed by atoms with Crippen molar-refractivity contribution in [2.75, 3.05) is 60.0 Å². The second kappa shape index (κ2) is 8.75. The van der Waals surface area contributed by atoms with Crippen molar-refractivity contribution < 1.29 is 14.3 Å². The Morgan fingerprint density at radius 3 is 2.41 bits per heavy atom. The number of likely N-dealkylation sites (N-methyl/N-ethyl adjacent to an activating group) is 1. The molecule has 0 aliphatic carbocycles. The highest BCUT2D eigenvalue weighted by molar-refractivity contribution is 5.95. The molecule has 2 fully saturated rings. The summed E-state index contributed by atoms with van der Waals surface area (Å²) in [4.78, 5) is 39.6. The van der Waals surface area contributed by atoms with Crippen LogP contribution in [-0.2, 0) is 9.53 Å². The van der Waals surface area contributed by atoms with Gasteiger partial charge in [0.05, 0.1) is 31.0 Å². The minimum absolute atomic E-state index is 0.0218. The lowest BCUT2D eigenvalue weighted by Crippen LogP contribution is -2.42. The van der Waals surface area contributed by atoms with Gasteiger partial charge in [-0.3, -0.25) is 9.59 Å². The number of carbonyl (C=O) groups is 2. The first kappa shape index (κ1) is 19.7. The fourth-order valence-electron chi connectivity index (χ4n) is 3.59. The molecule has 0 aromatic carbocycles. The van der Waals surface area contributed by atoms with Gasteiger partial charge < -0.3 is 19.4 Å². The molecule has 2 amide bonds. The molecule has 0 spiro atoms. The monoisotopic (exact) mass is 375 g/mol. The molecule has 0 saturated carbocycles. The molecule has 8 heteroatoms. The van der Waals surface area contributed by atoms with Gasteiger partial charge in [0.15, 0.2) is 0 Å². The van der Waals surface area contributed by atoms with E-state index in [2.05, 4.69) is 9.97 Å². The van der Waals surface area contributed by atoms with Crippen LogP contribution in [0.4, 0.5) is 0 Å². The number of morpholine rings is 1. The van der Waals surface area contributed by atoms with Crippen LogP contribution in [0.1, 0.15) is 40.6 Å². The number of likely N-dealkylation sites (tertiary alicyclic amines) is 1. The van der Waals surface area contributed by atoms with E-state index >= 15 is 0 Å². The summed E-state index contributed by atoms with van der Waals surface area (Å²) in [5.74, 6) is 1.17. The highest BCUT2D eigenvalue weighted by Crippen LogP contribution is 2.26. The fourth-order valence-corrected chi connectivity index (χ4v) is 3.59. The molecule has 8 nitrogen and oxygen atoms in total. The largest absolute Gasteiger partial charge is 0.378 e. The Hall–Kier alpha value is -2.06. The smallest absolute Gasteiger partial charge is 0.257 e. The predicted octanol–water partition coefficient (Wildman–Crippen LogP) is 0.525. The summed E-state index contributed by atoms with van der Waals surface area (Å²) in [7, 11) is 3.81. The maximum absolute atomic E-state index is 12.7. The van der Waals surface area contributed by atoms with Crippen molar-refractivity contribution in [1.29, 1.82) is 0 Å². The van der Waals surface area contributed by atoms with Gasteiger partial charge in [-0.15, -0.1) is 0 Å². The van der Waals surface area contributed by atoms with E-state index in [0.717, 1.165) is 37.4 Å². The SMILES string of the molecule is Cc1nc(C2CCN(C(=O)CN(C)C)CC2)ncc1C(=O)N1CCOCC1. The lowest BCUT2D eigenvalue weighted by molar-refractivity contribution is -0.132. The molecule has 27 heavy (non-hydrogen) atoms. The van der Waals surface area contributed by atoms with E-state index in [0.29, 0.717) is 38.4 Å². The quantitative estimate of drug-likeness (QED) is 0.764. The number of hydrogen-bond acceptors (Lipinski definition) is 6. The Labute approximate surface area is 160 Å². The van der Waals surface area contributed by atoms with Crippen LogP contribution in [0.3, 0.4) is 0 Å². The van der Waals surface area contributed by atoms with Gasteiger partial charge in [0.2, 0.25) is 5.91 Å². The van der Waals surface area contributed by atoms with Crippen molar-refractivity contribution in [2.45, 2.75) is 25.7 Å². The zero-order chi connectivity index (χ0) is 19.4. The highest BCUT2D eigenvalue weighted by atomic mass is 16.5. The second-order valence-corrected chi connectivity index (χ2v) is 7.52. The lowest BCUT2D eigenvalue weighted by Gasteiger charge is -2.32. The molecule has 0 N–H and O–H groups in total. The summed E-state index contributed by atoms with van der Waals surface area (Å²) in [5, 5.41) is 0. The van der Waals surface area contributed by atoms with E-state index in [-0.39, 0.29) is 17.7 Å². The Balaban J connectivity index is 1.61. The van der Waals surface area contributed by atoms with E-state index in [1.807, 2.05) is 30.8 Å². The zero-order valence-electron chi connectivity index (χ0n) is 16.5. The average Bonchev–Trinajstić information content (AvgIpc) is 2.67. The van der Waals surface area contributed by atoms with Gasteiger partial charge in [-0.2, -0.15) is 0 Å². The lowest BCUT2D eigenvalue weighted by atomic mass is 9.95. The van der Waals surface area contributed by atoms with Crippen LogP contribution in [0, 0.1) is 6.92 Å². The van der Waals surface area contributed by atoms with Crippen molar-refractivity contribution in [3.05, 3.63) is 23.3 Å². The minimum Gasteiger partial charge on any atom is -0.378 e. The molecule has 0 radical (unpaired) electrons. The van der Waals surface area contributed by atoms with E-state index in [1.165, 1.54) is 0 Å². The van der Waals surface area contributed by atoms with Gasteiger partial charge >= 0.3 is 0 Å². The van der Waals surface area contributed by atoms with Crippen molar-refractivity contribution in [1.82, 2.24) is 24.7 Å². The van der Waals surface area contributed by atoms with Gasteiger partial charge in [0, 0.05) is 38.3 Å². The maximum atomic E-state index is 12.7. The van der Waals surface area contributed by atoms with Gasteiger partial charge in [-0.05, 0) is 33.9 Å². The molecule has 0 atom stereocenters. The number of nitrogens with zero attached hydrogens (tertiary/aromatic N) is 5. The summed E-state index contributed by atoms with van der Waals surface area (Å²) in [6.07, 6.45) is 3.38. The molecule has 2 saturated heterocycles. The first-order valence-electron chi connectivity index (χ1n) is 9.58. The van der Waals surface area contributed by atoms with Crippen LogP contribution in [0.15, 0.2) is 6.20 Å². The number of piperidine rings is 1. The van der Waals surface area contributed by atoms with E-state index in [9.17, 15) is 9.59 Å². The predicted molar refractivity (Wildman–Crippen MR) is 101 cm³/mol. The van der Waals surface area contributed by atoms with Crippen LogP contribution in [0.2, 0.25) is 0 Å². The molecule has 2 aliphatic heterocycles. The van der Waals surface area contributed by atoms with Crippen LogP contribution in [0.25, 0.3) is 0 Å². The van der Waals surface area contributed by atoms with Crippen LogP contribution in [-0.4, -0.2) is 96.5 Å². The van der Waals surface area contributed by atoms with Crippen molar-refractivity contribution in [3.8, 4) is 0 Å². The molecule has 2 aliphatic rings. The summed E-state index contributed by atoms with van der Waals surface area (Å²) in [6.45, 7) is 6.15. The summed E-state index contributed by atoms with van der Waals surface area (Å²) >= 11 is 0. The Kier molecular flexibility index (Phi) is 6.38. The van der Waals surface area contributed by atoms with Crippen molar-refractivity contribution in [2.24, 2.45) is 0 Å². The summed E-state index contributed by atoms with van der Waals surface area (Å²) in [6, 6.07) is 0. The second-order valence-electron chi connectivity index (χ2n) is 7.52. The number of amides is 2. The molecular formula is C19H29N5O3. The molecule has 1 aromatic heterocycles. The van der Waals surface area contributed by atoms with Crippen LogP contribution in [0.5, 0.6) is 0 Å². The number of aromatic nitrogens is 2. The standard InChI is InChI=1S/C19H29N5O3/c1-14-16(19(26)24-8-10-27-11-9-24)12-20-18(21-14)15-4-6-23(7-5-15)17(25)13-22(2)3/h12,15H,4-11,13H2,1-3H3. The minimum atomic E-state index is -0.0218. The van der Waals surface area contributed by atoms with E-state index in [4.69, 9.17) is 4.74 Å². The van der Waals surface area contributed by atoms with E-state index < -0.39 is 0 Å². The first-order valence-corrected chi connectivity index (χ1v) is 9.58. The molecule has 3 heterocycles. The van der Waals surface area contributed by atoms with Crippen molar-refractivity contribution >= 4 is 11.8 Å². The van der Waals surface area contributed by atoms with Crippen LogP contribution >= 0.6 is 0 Å². The number of ether oxygens (including phenoxy) is 1. The first-order chi connectivity index (χ1) is 13.0. The normalized spacial score (nSPS) is 18.8. The number of aryl methyl sites for hydroxylation is 1. The Morgan fingerprint density at radius 2 is 1.81 bits per heavy atom. The molecule has 1 aromatic rings. The number of hydrogen-bond donors (Lipinski definition) is 0. The molecule has 3 rings (SSSR count). The van der Waals surface area contributed by atoms with Gasteiger partial charge in [0.25, 0.3) is 5.91 Å². The van der Waals surface area contributed by atoms with Crippen molar-refractivity contribution in [3.63, 3.8) is 0 Å². The Morgan fingerprint density at radius 1 is 1.15 bits per heavy atom. The van der Waals surface area contributed by atoms with Gasteiger partial charge in [-0.25, -0.2) is 9.97 Å². The molecular weight excluding hydrogens is 346 g/mol. The van der Waals surface area contributed by atoms with E-state index in [1.54, 1.807) is 11.1 Å². The third-order valence-corrected chi connectivity index (χ3v) is 5.19. The Bertz CT molecular complexity index is 680. The maximum Gasteiger partial charge on any atom is 0.257 e. The molecule has 148 valence electrons. The molecule has 0 bridgehead atoms. The van der Waals surface area contributed by atoms with Crippen LogP contribution < -0.4 is 0 Å². The zero-order valence-corrected chi connectivity index (χ0v) is 16.5. The molecule has 0 unspecified atom stereocenters.